The summed E-state index contributed by atoms with van der Waals surface area (Å²) in [4.78, 5) is 12.6. The van der Waals surface area contributed by atoms with Gasteiger partial charge in [-0.2, -0.15) is 0 Å². The van der Waals surface area contributed by atoms with E-state index in [1.165, 1.54) is 4.90 Å². The molecule has 70 valence electrons. The lowest BCUT2D eigenvalue weighted by atomic mass is 10.1. The van der Waals surface area contributed by atoms with E-state index in [-0.39, 0.29) is 5.78 Å². The Morgan fingerprint density at radius 3 is 2.69 bits per heavy atom. The van der Waals surface area contributed by atoms with Crippen molar-refractivity contribution < 1.29 is 4.79 Å². The fourth-order valence-corrected chi connectivity index (χ4v) is 2.51. The summed E-state index contributed by atoms with van der Waals surface area (Å²) in [6, 6.07) is 5.96. The number of benzene rings is 1. The minimum Gasteiger partial charge on any atom is -0.294 e. The monoisotopic (exact) mass is 306 g/mol. The molecule has 1 rings (SSSR count). The third kappa shape index (κ3) is 2.71. The molecule has 0 atom stereocenters. The van der Waals surface area contributed by atoms with Crippen LogP contribution in [0.5, 0.6) is 0 Å². The first kappa shape index (κ1) is 11.0. The van der Waals surface area contributed by atoms with Crippen LogP contribution in [0.4, 0.5) is 0 Å². The zero-order valence-corrected chi connectivity index (χ0v) is 10.6. The molecule has 0 spiro atoms. The maximum atomic E-state index is 11.4. The maximum Gasteiger partial charge on any atom is 0.163 e. The molecule has 0 unspecified atom stereocenters. The Morgan fingerprint density at radius 2 is 2.23 bits per heavy atom. The molecular formula is C10H11IOS. The first-order valence-corrected chi connectivity index (χ1v) is 6.36. The van der Waals surface area contributed by atoms with Crippen LogP contribution in [0.15, 0.2) is 23.1 Å². The molecule has 0 amide bonds. The summed E-state index contributed by atoms with van der Waals surface area (Å²) < 4.78 is 1.05. The summed E-state index contributed by atoms with van der Waals surface area (Å²) in [7, 11) is 0. The number of hydrogen-bond donors (Lipinski definition) is 0. The standard InChI is InChI=1S/C10H11IOS/c1-3-10(12)8-5-4-7(13-2)6-9(8)11/h4-6H,3H2,1-2H3. The second-order valence-electron chi connectivity index (χ2n) is 2.62. The molecule has 0 aliphatic carbocycles. The quantitative estimate of drug-likeness (QED) is 0.482. The summed E-state index contributed by atoms with van der Waals surface area (Å²) in [5.41, 5.74) is 0.848. The largest absolute Gasteiger partial charge is 0.294 e. The van der Waals surface area contributed by atoms with Crippen molar-refractivity contribution in [2.75, 3.05) is 6.26 Å². The van der Waals surface area contributed by atoms with Crippen LogP contribution in [0.25, 0.3) is 0 Å². The van der Waals surface area contributed by atoms with Gasteiger partial charge in [0.05, 0.1) is 0 Å². The third-order valence-corrected chi connectivity index (χ3v) is 3.42. The number of rotatable bonds is 3. The summed E-state index contributed by atoms with van der Waals surface area (Å²) in [6.07, 6.45) is 2.61. The minimum absolute atomic E-state index is 0.219. The molecule has 3 heteroatoms. The number of halogens is 1. The number of ketones is 1. The molecular weight excluding hydrogens is 295 g/mol. The van der Waals surface area contributed by atoms with Gasteiger partial charge in [0.15, 0.2) is 5.78 Å². The highest BCUT2D eigenvalue weighted by molar-refractivity contribution is 14.1. The summed E-state index contributed by atoms with van der Waals surface area (Å²) in [5, 5.41) is 0. The fourth-order valence-electron chi connectivity index (χ4n) is 1.04. The highest BCUT2D eigenvalue weighted by Gasteiger charge is 2.07. The zero-order chi connectivity index (χ0) is 9.84. The highest BCUT2D eigenvalue weighted by atomic mass is 127. The van der Waals surface area contributed by atoms with Gasteiger partial charge in [0.1, 0.15) is 0 Å². The molecule has 0 N–H and O–H groups in total. The van der Waals surface area contributed by atoms with Crippen LogP contribution >= 0.6 is 34.4 Å². The summed E-state index contributed by atoms with van der Waals surface area (Å²) in [6.45, 7) is 1.89. The molecule has 0 bridgehead atoms. The second-order valence-corrected chi connectivity index (χ2v) is 4.66. The second kappa shape index (κ2) is 5.00. The van der Waals surface area contributed by atoms with Crippen LogP contribution in [0.1, 0.15) is 23.7 Å². The van der Waals surface area contributed by atoms with E-state index in [0.717, 1.165) is 9.13 Å². The van der Waals surface area contributed by atoms with Crippen molar-refractivity contribution in [1.82, 2.24) is 0 Å². The Morgan fingerprint density at radius 1 is 1.54 bits per heavy atom. The number of Topliss-reactive ketones (excluding diaryl/α,β-unsaturated/α-hetero) is 1. The molecule has 1 aromatic rings. The minimum atomic E-state index is 0.219. The molecule has 1 nitrogen and oxygen atoms in total. The van der Waals surface area contributed by atoms with E-state index in [2.05, 4.69) is 22.6 Å². The SMILES string of the molecule is CCC(=O)c1ccc(SC)cc1I. The van der Waals surface area contributed by atoms with Crippen molar-refractivity contribution >= 4 is 40.1 Å². The first-order chi connectivity index (χ1) is 6.19. The van der Waals surface area contributed by atoms with Gasteiger partial charge in [-0.1, -0.05) is 6.92 Å². The van der Waals surface area contributed by atoms with Crippen LogP contribution in [-0.2, 0) is 0 Å². The molecule has 0 aliphatic heterocycles. The van der Waals surface area contributed by atoms with E-state index in [0.29, 0.717) is 6.42 Å². The van der Waals surface area contributed by atoms with Gasteiger partial charge in [-0.15, -0.1) is 11.8 Å². The average Bonchev–Trinajstić information content (AvgIpc) is 2.16. The van der Waals surface area contributed by atoms with E-state index < -0.39 is 0 Å². The smallest absolute Gasteiger partial charge is 0.163 e. The lowest BCUT2D eigenvalue weighted by Gasteiger charge is -2.03. The van der Waals surface area contributed by atoms with Gasteiger partial charge in [-0.05, 0) is 47.0 Å². The van der Waals surface area contributed by atoms with E-state index >= 15 is 0 Å². The Labute approximate surface area is 96.4 Å². The number of carbonyl (C=O) groups excluding carboxylic acids is 1. The Kier molecular flexibility index (Phi) is 4.25. The van der Waals surface area contributed by atoms with Crippen LogP contribution in [0.3, 0.4) is 0 Å². The van der Waals surface area contributed by atoms with Gasteiger partial charge in [-0.25, -0.2) is 0 Å². The molecule has 0 saturated heterocycles. The lowest BCUT2D eigenvalue weighted by Crippen LogP contribution is -1.99. The van der Waals surface area contributed by atoms with Crippen LogP contribution in [0.2, 0.25) is 0 Å². The molecule has 0 fully saturated rings. The van der Waals surface area contributed by atoms with Gasteiger partial charge in [0, 0.05) is 20.4 Å². The number of carbonyl (C=O) groups is 1. The normalized spacial score (nSPS) is 10.1. The molecule has 0 aromatic heterocycles. The Balaban J connectivity index is 3.05. The molecule has 0 saturated carbocycles. The van der Waals surface area contributed by atoms with Crippen molar-refractivity contribution in [3.8, 4) is 0 Å². The molecule has 1 aromatic carbocycles. The molecule has 0 aliphatic rings. The third-order valence-electron chi connectivity index (χ3n) is 1.80. The van der Waals surface area contributed by atoms with Crippen molar-refractivity contribution in [1.29, 1.82) is 0 Å². The average molecular weight is 306 g/mol. The van der Waals surface area contributed by atoms with Crippen LogP contribution in [-0.4, -0.2) is 12.0 Å². The van der Waals surface area contributed by atoms with Gasteiger partial charge < -0.3 is 0 Å². The molecule has 13 heavy (non-hydrogen) atoms. The molecule has 0 heterocycles. The Bertz CT molecular complexity index is 323. The van der Waals surface area contributed by atoms with Gasteiger partial charge in [0.25, 0.3) is 0 Å². The van der Waals surface area contributed by atoms with E-state index in [9.17, 15) is 4.79 Å². The predicted molar refractivity (Wildman–Crippen MR) is 65.6 cm³/mol. The van der Waals surface area contributed by atoms with Crippen molar-refractivity contribution in [2.24, 2.45) is 0 Å². The van der Waals surface area contributed by atoms with Gasteiger partial charge in [-0.3, -0.25) is 4.79 Å². The predicted octanol–water partition coefficient (Wildman–Crippen LogP) is 3.61. The van der Waals surface area contributed by atoms with Gasteiger partial charge >= 0.3 is 0 Å². The van der Waals surface area contributed by atoms with Gasteiger partial charge in [0.2, 0.25) is 0 Å². The van der Waals surface area contributed by atoms with Crippen LogP contribution < -0.4 is 0 Å². The van der Waals surface area contributed by atoms with E-state index in [4.69, 9.17) is 0 Å². The maximum absolute atomic E-state index is 11.4. The highest BCUT2D eigenvalue weighted by Crippen LogP contribution is 2.21. The van der Waals surface area contributed by atoms with Crippen molar-refractivity contribution in [3.63, 3.8) is 0 Å². The van der Waals surface area contributed by atoms with E-state index in [1.807, 2.05) is 31.4 Å². The van der Waals surface area contributed by atoms with Crippen molar-refractivity contribution in [3.05, 3.63) is 27.3 Å². The number of thioether (sulfide) groups is 1. The van der Waals surface area contributed by atoms with Crippen molar-refractivity contribution in [2.45, 2.75) is 18.2 Å². The Hall–Kier alpha value is -0.0300. The van der Waals surface area contributed by atoms with E-state index in [1.54, 1.807) is 11.8 Å². The zero-order valence-electron chi connectivity index (χ0n) is 7.63. The summed E-state index contributed by atoms with van der Waals surface area (Å²) in [5.74, 6) is 0.219. The van der Waals surface area contributed by atoms with Crippen LogP contribution in [0, 0.1) is 3.57 Å². The first-order valence-electron chi connectivity index (χ1n) is 4.05. The number of hydrogen-bond acceptors (Lipinski definition) is 2. The summed E-state index contributed by atoms with van der Waals surface area (Å²) >= 11 is 3.91. The topological polar surface area (TPSA) is 17.1 Å². The molecule has 0 radical (unpaired) electrons. The fraction of sp³-hybridized carbons (Fsp3) is 0.300. The lowest BCUT2D eigenvalue weighted by molar-refractivity contribution is 0.0987.